The van der Waals surface area contributed by atoms with Gasteiger partial charge < -0.3 is 10.1 Å². The van der Waals surface area contributed by atoms with E-state index in [9.17, 15) is 0 Å². The highest BCUT2D eigenvalue weighted by atomic mass is 79.9. The van der Waals surface area contributed by atoms with Crippen molar-refractivity contribution in [2.75, 3.05) is 13.1 Å². The number of halogens is 1. The number of hydrogen-bond donors (Lipinski definition) is 1. The first kappa shape index (κ1) is 10.8. The molecule has 0 spiro atoms. The first-order chi connectivity index (χ1) is 7.25. The minimum atomic E-state index is 0.180. The summed E-state index contributed by atoms with van der Waals surface area (Å²) < 4.78 is 6.58. The zero-order valence-electron chi connectivity index (χ0n) is 8.61. The van der Waals surface area contributed by atoms with E-state index in [4.69, 9.17) is 4.74 Å². The fraction of sp³-hybridized carbons (Fsp3) is 0.600. The molecule has 1 aromatic rings. The Morgan fingerprint density at radius 1 is 1.47 bits per heavy atom. The summed E-state index contributed by atoms with van der Waals surface area (Å²) in [5, 5.41) is 3.31. The van der Waals surface area contributed by atoms with Crippen LogP contribution in [0.1, 0.15) is 13.3 Å². The Bertz CT molecular complexity index is 317. The number of piperidine rings is 1. The third-order valence-electron chi connectivity index (χ3n) is 2.61. The first-order valence-electron chi connectivity index (χ1n) is 5.10. The molecule has 5 heteroatoms. The molecule has 1 aromatic heterocycles. The van der Waals surface area contributed by atoms with E-state index < -0.39 is 0 Å². The van der Waals surface area contributed by atoms with Crippen molar-refractivity contribution in [3.05, 3.63) is 16.9 Å². The molecular weight excluding hydrogens is 258 g/mol. The van der Waals surface area contributed by atoms with Crippen LogP contribution in [0.3, 0.4) is 0 Å². The molecule has 0 aromatic carbocycles. The predicted octanol–water partition coefficient (Wildman–Crippen LogP) is 1.62. The molecule has 15 heavy (non-hydrogen) atoms. The fourth-order valence-electron chi connectivity index (χ4n) is 1.62. The van der Waals surface area contributed by atoms with Gasteiger partial charge in [0.1, 0.15) is 6.10 Å². The lowest BCUT2D eigenvalue weighted by Gasteiger charge is -2.28. The average molecular weight is 272 g/mol. The Hall–Kier alpha value is -0.680. The van der Waals surface area contributed by atoms with Gasteiger partial charge in [-0.2, -0.15) is 0 Å². The van der Waals surface area contributed by atoms with Gasteiger partial charge in [0.25, 0.3) is 0 Å². The van der Waals surface area contributed by atoms with Gasteiger partial charge in [-0.05, 0) is 34.8 Å². The highest BCUT2D eigenvalue weighted by molar-refractivity contribution is 9.10. The predicted molar refractivity (Wildman–Crippen MR) is 60.8 cm³/mol. The fourth-order valence-corrected chi connectivity index (χ4v) is 1.82. The largest absolute Gasteiger partial charge is 0.459 e. The minimum absolute atomic E-state index is 0.180. The summed E-state index contributed by atoms with van der Waals surface area (Å²) in [6.07, 6.45) is 4.72. The molecule has 4 nitrogen and oxygen atoms in total. The van der Waals surface area contributed by atoms with Gasteiger partial charge in [-0.25, -0.2) is 9.97 Å². The molecule has 1 aliphatic heterocycles. The van der Waals surface area contributed by atoms with Crippen molar-refractivity contribution in [3.8, 4) is 6.01 Å². The molecule has 2 unspecified atom stereocenters. The first-order valence-corrected chi connectivity index (χ1v) is 5.90. The molecule has 2 rings (SSSR count). The second-order valence-electron chi connectivity index (χ2n) is 3.81. The van der Waals surface area contributed by atoms with E-state index in [1.807, 2.05) is 0 Å². The van der Waals surface area contributed by atoms with Crippen LogP contribution in [0.25, 0.3) is 0 Å². The molecule has 82 valence electrons. The van der Waals surface area contributed by atoms with Crippen molar-refractivity contribution in [2.24, 2.45) is 5.92 Å². The third-order valence-corrected chi connectivity index (χ3v) is 3.02. The molecule has 0 amide bonds. The van der Waals surface area contributed by atoms with Crippen LogP contribution in [-0.2, 0) is 0 Å². The van der Waals surface area contributed by atoms with Crippen molar-refractivity contribution in [1.29, 1.82) is 0 Å². The molecule has 1 saturated heterocycles. The van der Waals surface area contributed by atoms with E-state index >= 15 is 0 Å². The van der Waals surface area contributed by atoms with E-state index in [2.05, 4.69) is 38.1 Å². The molecule has 0 aliphatic carbocycles. The summed E-state index contributed by atoms with van der Waals surface area (Å²) in [6, 6.07) is 0.457. The topological polar surface area (TPSA) is 47.0 Å². The normalized spacial score (nSPS) is 26.3. The third kappa shape index (κ3) is 2.89. The Kier molecular flexibility index (Phi) is 3.53. The number of aromatic nitrogens is 2. The van der Waals surface area contributed by atoms with Crippen LogP contribution in [0.2, 0.25) is 0 Å². The van der Waals surface area contributed by atoms with Crippen LogP contribution in [0.15, 0.2) is 16.9 Å². The molecule has 1 fully saturated rings. The summed E-state index contributed by atoms with van der Waals surface area (Å²) in [6.45, 7) is 4.15. The second kappa shape index (κ2) is 4.90. The van der Waals surface area contributed by atoms with Crippen LogP contribution >= 0.6 is 15.9 Å². The lowest BCUT2D eigenvalue weighted by molar-refractivity contribution is 0.104. The van der Waals surface area contributed by atoms with Gasteiger partial charge in [0.05, 0.1) is 4.47 Å². The number of ether oxygens (including phenoxy) is 1. The van der Waals surface area contributed by atoms with Crippen molar-refractivity contribution in [1.82, 2.24) is 15.3 Å². The molecule has 1 aliphatic rings. The van der Waals surface area contributed by atoms with Crippen LogP contribution in [0, 0.1) is 5.92 Å². The lowest BCUT2D eigenvalue weighted by atomic mass is 9.97. The zero-order valence-corrected chi connectivity index (χ0v) is 10.2. The quantitative estimate of drug-likeness (QED) is 0.888. The molecule has 0 radical (unpaired) electrons. The van der Waals surface area contributed by atoms with Crippen molar-refractivity contribution < 1.29 is 4.74 Å². The molecule has 1 N–H and O–H groups in total. The van der Waals surface area contributed by atoms with Crippen molar-refractivity contribution >= 4 is 15.9 Å². The number of nitrogens with zero attached hydrogens (tertiary/aromatic N) is 2. The van der Waals surface area contributed by atoms with Crippen LogP contribution < -0.4 is 10.1 Å². The van der Waals surface area contributed by atoms with Gasteiger partial charge in [-0.3, -0.25) is 0 Å². The summed E-state index contributed by atoms with van der Waals surface area (Å²) in [5.74, 6) is 0.554. The van der Waals surface area contributed by atoms with Crippen LogP contribution in [0.5, 0.6) is 6.01 Å². The number of hydrogen-bond acceptors (Lipinski definition) is 4. The second-order valence-corrected chi connectivity index (χ2v) is 4.73. The number of nitrogens with one attached hydrogen (secondary N) is 1. The Balaban J connectivity index is 1.98. The maximum Gasteiger partial charge on any atom is 0.316 e. The summed E-state index contributed by atoms with van der Waals surface area (Å²) in [7, 11) is 0. The minimum Gasteiger partial charge on any atom is -0.459 e. The Morgan fingerprint density at radius 3 is 2.87 bits per heavy atom. The summed E-state index contributed by atoms with van der Waals surface area (Å²) >= 11 is 3.29. The maximum atomic E-state index is 5.72. The zero-order chi connectivity index (χ0) is 10.7. The van der Waals surface area contributed by atoms with Crippen molar-refractivity contribution in [2.45, 2.75) is 19.4 Å². The van der Waals surface area contributed by atoms with Gasteiger partial charge in [0.2, 0.25) is 0 Å². The smallest absolute Gasteiger partial charge is 0.316 e. The van der Waals surface area contributed by atoms with Gasteiger partial charge in [-0.1, -0.05) is 6.92 Å². The Morgan fingerprint density at radius 2 is 2.20 bits per heavy atom. The van der Waals surface area contributed by atoms with Crippen LogP contribution in [0.4, 0.5) is 0 Å². The highest BCUT2D eigenvalue weighted by Crippen LogP contribution is 2.17. The van der Waals surface area contributed by atoms with Gasteiger partial charge in [0.15, 0.2) is 0 Å². The molecule has 2 atom stereocenters. The van der Waals surface area contributed by atoms with E-state index in [1.54, 1.807) is 12.4 Å². The average Bonchev–Trinajstić information content (AvgIpc) is 2.25. The Labute approximate surface area is 97.6 Å². The lowest BCUT2D eigenvalue weighted by Crippen LogP contribution is -2.43. The number of rotatable bonds is 2. The standard InChI is InChI=1S/C10H14BrN3O/c1-7-2-3-12-6-9(7)15-10-13-4-8(11)5-14-10/h4-5,7,9,12H,2-3,6H2,1H3. The highest BCUT2D eigenvalue weighted by Gasteiger charge is 2.23. The molecule has 0 saturated carbocycles. The maximum absolute atomic E-state index is 5.72. The molecular formula is C10H14BrN3O. The van der Waals surface area contributed by atoms with Gasteiger partial charge >= 0.3 is 6.01 Å². The SMILES string of the molecule is CC1CCNCC1Oc1ncc(Br)cn1. The van der Waals surface area contributed by atoms with Gasteiger partial charge in [0, 0.05) is 18.9 Å². The monoisotopic (exact) mass is 271 g/mol. The van der Waals surface area contributed by atoms with Gasteiger partial charge in [-0.15, -0.1) is 0 Å². The van der Waals surface area contributed by atoms with E-state index in [0.29, 0.717) is 11.9 Å². The summed E-state index contributed by atoms with van der Waals surface area (Å²) in [5.41, 5.74) is 0. The molecule has 2 heterocycles. The van der Waals surface area contributed by atoms with Crippen molar-refractivity contribution in [3.63, 3.8) is 0 Å². The van der Waals surface area contributed by atoms with Crippen LogP contribution in [-0.4, -0.2) is 29.2 Å². The van der Waals surface area contributed by atoms with E-state index in [-0.39, 0.29) is 6.10 Å². The van der Waals surface area contributed by atoms with E-state index in [0.717, 1.165) is 24.0 Å². The molecule has 0 bridgehead atoms. The summed E-state index contributed by atoms with van der Waals surface area (Å²) in [4.78, 5) is 8.20. The van der Waals surface area contributed by atoms with E-state index in [1.165, 1.54) is 0 Å².